The van der Waals surface area contributed by atoms with Crippen molar-refractivity contribution in [2.75, 3.05) is 18.6 Å². The predicted molar refractivity (Wildman–Crippen MR) is 70.7 cm³/mol. The highest BCUT2D eigenvalue weighted by molar-refractivity contribution is 7.91. The molecule has 1 aliphatic rings. The van der Waals surface area contributed by atoms with E-state index < -0.39 is 9.84 Å². The van der Waals surface area contributed by atoms with Gasteiger partial charge in [-0.05, 0) is 25.6 Å². The van der Waals surface area contributed by atoms with Gasteiger partial charge in [0.25, 0.3) is 0 Å². The second-order valence-electron chi connectivity index (χ2n) is 4.54. The molecule has 17 heavy (non-hydrogen) atoms. The molecule has 1 saturated heterocycles. The molecule has 1 aromatic rings. The molecule has 0 bridgehead atoms. The van der Waals surface area contributed by atoms with Crippen molar-refractivity contribution >= 4 is 21.2 Å². The summed E-state index contributed by atoms with van der Waals surface area (Å²) >= 11 is 1.70. The molecule has 0 aromatic carbocycles. The molecule has 2 N–H and O–H groups in total. The SMILES string of the molecule is CN(Cc1ccc(CN)s1)C1CCS(=O)(=O)C1. The van der Waals surface area contributed by atoms with Crippen molar-refractivity contribution < 1.29 is 8.42 Å². The van der Waals surface area contributed by atoms with Crippen LogP contribution in [-0.4, -0.2) is 37.9 Å². The van der Waals surface area contributed by atoms with E-state index in [0.717, 1.165) is 13.0 Å². The lowest BCUT2D eigenvalue weighted by Crippen LogP contribution is -2.31. The first-order chi connectivity index (χ1) is 8.00. The molecule has 1 fully saturated rings. The third-order valence-corrected chi connectivity index (χ3v) is 6.00. The summed E-state index contributed by atoms with van der Waals surface area (Å²) in [7, 11) is -0.797. The van der Waals surface area contributed by atoms with E-state index in [4.69, 9.17) is 5.73 Å². The lowest BCUT2D eigenvalue weighted by molar-refractivity contribution is 0.256. The van der Waals surface area contributed by atoms with Crippen LogP contribution in [0.25, 0.3) is 0 Å². The summed E-state index contributed by atoms with van der Waals surface area (Å²) in [5, 5.41) is 0. The van der Waals surface area contributed by atoms with Crippen molar-refractivity contribution in [1.82, 2.24) is 4.90 Å². The summed E-state index contributed by atoms with van der Waals surface area (Å²) in [6.45, 7) is 1.39. The first-order valence-electron chi connectivity index (χ1n) is 5.68. The number of hydrogen-bond donors (Lipinski definition) is 1. The Balaban J connectivity index is 1.95. The monoisotopic (exact) mass is 274 g/mol. The minimum atomic E-state index is -2.79. The number of sulfone groups is 1. The van der Waals surface area contributed by atoms with Crippen LogP contribution in [0, 0.1) is 0 Å². The Morgan fingerprint density at radius 3 is 2.71 bits per heavy atom. The summed E-state index contributed by atoms with van der Waals surface area (Å²) in [6.07, 6.45) is 0.758. The molecule has 2 heterocycles. The summed E-state index contributed by atoms with van der Waals surface area (Å²) in [4.78, 5) is 4.56. The van der Waals surface area contributed by atoms with Gasteiger partial charge in [0.15, 0.2) is 9.84 Å². The molecular formula is C11H18N2O2S2. The van der Waals surface area contributed by atoms with E-state index in [-0.39, 0.29) is 6.04 Å². The van der Waals surface area contributed by atoms with Gasteiger partial charge in [-0.25, -0.2) is 8.42 Å². The zero-order valence-electron chi connectivity index (χ0n) is 9.93. The second kappa shape index (κ2) is 5.06. The van der Waals surface area contributed by atoms with Crippen molar-refractivity contribution in [3.8, 4) is 0 Å². The fraction of sp³-hybridized carbons (Fsp3) is 0.636. The number of rotatable bonds is 4. The predicted octanol–water partition coefficient (Wildman–Crippen LogP) is 0.826. The third-order valence-electron chi connectivity index (χ3n) is 3.16. The maximum absolute atomic E-state index is 11.4. The maximum Gasteiger partial charge on any atom is 0.151 e. The van der Waals surface area contributed by atoms with Gasteiger partial charge in [0.05, 0.1) is 11.5 Å². The van der Waals surface area contributed by atoms with Crippen molar-refractivity contribution in [3.05, 3.63) is 21.9 Å². The maximum atomic E-state index is 11.4. The smallest absolute Gasteiger partial charge is 0.151 e. The van der Waals surface area contributed by atoms with Crippen molar-refractivity contribution in [2.45, 2.75) is 25.6 Å². The number of thiophene rings is 1. The summed E-state index contributed by atoms with van der Waals surface area (Å²) in [5.41, 5.74) is 5.57. The lowest BCUT2D eigenvalue weighted by Gasteiger charge is -2.22. The van der Waals surface area contributed by atoms with E-state index in [1.54, 1.807) is 11.3 Å². The zero-order valence-corrected chi connectivity index (χ0v) is 11.6. The summed E-state index contributed by atoms with van der Waals surface area (Å²) in [6, 6.07) is 4.29. The van der Waals surface area contributed by atoms with Crippen molar-refractivity contribution in [3.63, 3.8) is 0 Å². The van der Waals surface area contributed by atoms with Crippen LogP contribution in [0.1, 0.15) is 16.2 Å². The molecule has 0 amide bonds. The van der Waals surface area contributed by atoms with Gasteiger partial charge in [0.2, 0.25) is 0 Å². The quantitative estimate of drug-likeness (QED) is 0.883. The Hall–Kier alpha value is -0.430. The molecular weight excluding hydrogens is 256 g/mol. The number of hydrogen-bond acceptors (Lipinski definition) is 5. The van der Waals surface area contributed by atoms with Gasteiger partial charge in [-0.3, -0.25) is 4.90 Å². The second-order valence-corrected chi connectivity index (χ2v) is 8.03. The van der Waals surface area contributed by atoms with E-state index in [9.17, 15) is 8.42 Å². The Kier molecular flexibility index (Phi) is 3.87. The number of nitrogens with two attached hydrogens (primary N) is 1. The highest BCUT2D eigenvalue weighted by Crippen LogP contribution is 2.22. The third kappa shape index (κ3) is 3.28. The first kappa shape index (κ1) is 13.0. The molecule has 0 spiro atoms. The van der Waals surface area contributed by atoms with Gasteiger partial charge in [-0.15, -0.1) is 11.3 Å². The molecule has 2 rings (SSSR count). The van der Waals surface area contributed by atoms with Crippen LogP contribution in [0.4, 0.5) is 0 Å². The van der Waals surface area contributed by atoms with Gasteiger partial charge < -0.3 is 5.73 Å². The molecule has 1 atom stereocenters. The van der Waals surface area contributed by atoms with Crippen molar-refractivity contribution in [1.29, 1.82) is 0 Å². The topological polar surface area (TPSA) is 63.4 Å². The average Bonchev–Trinajstić information content (AvgIpc) is 2.84. The van der Waals surface area contributed by atoms with Crippen LogP contribution in [0.3, 0.4) is 0 Å². The molecule has 6 heteroatoms. The van der Waals surface area contributed by atoms with Crippen LogP contribution < -0.4 is 5.73 Å². The molecule has 0 saturated carbocycles. The Bertz CT molecular complexity index is 481. The average molecular weight is 274 g/mol. The largest absolute Gasteiger partial charge is 0.326 e. The molecule has 0 aliphatic carbocycles. The van der Waals surface area contributed by atoms with E-state index in [1.165, 1.54) is 9.75 Å². The van der Waals surface area contributed by atoms with E-state index in [1.807, 2.05) is 13.1 Å². The van der Waals surface area contributed by atoms with Crippen LogP contribution in [0.15, 0.2) is 12.1 Å². The fourth-order valence-electron chi connectivity index (χ4n) is 2.11. The molecule has 1 unspecified atom stereocenters. The van der Waals surface area contributed by atoms with Gasteiger partial charge in [-0.2, -0.15) is 0 Å². The standard InChI is InChI=1S/C11H18N2O2S2/c1-13(9-4-5-17(14,15)8-9)7-11-3-2-10(6-12)16-11/h2-3,9H,4-8,12H2,1H3. The highest BCUT2D eigenvalue weighted by atomic mass is 32.2. The fourth-order valence-corrected chi connectivity index (χ4v) is 4.88. The Morgan fingerprint density at radius 1 is 1.47 bits per heavy atom. The Morgan fingerprint density at radius 2 is 2.18 bits per heavy atom. The summed E-state index contributed by atoms with van der Waals surface area (Å²) < 4.78 is 22.8. The van der Waals surface area contributed by atoms with Gasteiger partial charge in [0, 0.05) is 28.9 Å². The van der Waals surface area contributed by atoms with E-state index >= 15 is 0 Å². The lowest BCUT2D eigenvalue weighted by atomic mass is 10.2. The first-order valence-corrected chi connectivity index (χ1v) is 8.32. The molecule has 4 nitrogen and oxygen atoms in total. The van der Waals surface area contributed by atoms with Crippen LogP contribution >= 0.6 is 11.3 Å². The van der Waals surface area contributed by atoms with Gasteiger partial charge in [0.1, 0.15) is 0 Å². The van der Waals surface area contributed by atoms with Gasteiger partial charge >= 0.3 is 0 Å². The minimum absolute atomic E-state index is 0.170. The zero-order chi connectivity index (χ0) is 12.5. The van der Waals surface area contributed by atoms with E-state index in [2.05, 4.69) is 11.0 Å². The normalized spacial score (nSPS) is 23.4. The molecule has 1 aliphatic heterocycles. The minimum Gasteiger partial charge on any atom is -0.326 e. The number of nitrogens with zero attached hydrogens (tertiary/aromatic N) is 1. The Labute approximate surface area is 106 Å². The molecule has 96 valence electrons. The summed E-state index contributed by atoms with van der Waals surface area (Å²) in [5.74, 6) is 0.638. The highest BCUT2D eigenvalue weighted by Gasteiger charge is 2.30. The van der Waals surface area contributed by atoms with Crippen LogP contribution in [0.2, 0.25) is 0 Å². The molecule has 0 radical (unpaired) electrons. The molecule has 1 aromatic heterocycles. The van der Waals surface area contributed by atoms with Crippen molar-refractivity contribution in [2.24, 2.45) is 5.73 Å². The van der Waals surface area contributed by atoms with Crippen LogP contribution in [0.5, 0.6) is 0 Å². The van der Waals surface area contributed by atoms with E-state index in [0.29, 0.717) is 18.1 Å². The van der Waals surface area contributed by atoms with Gasteiger partial charge in [-0.1, -0.05) is 0 Å². The van der Waals surface area contributed by atoms with Crippen LogP contribution in [-0.2, 0) is 22.9 Å².